The minimum Gasteiger partial charge on any atom is -0.340 e. The van der Waals surface area contributed by atoms with E-state index in [1.165, 1.54) is 54.8 Å². The van der Waals surface area contributed by atoms with E-state index in [0.29, 0.717) is 10.6 Å². The van der Waals surface area contributed by atoms with Gasteiger partial charge in [0.1, 0.15) is 29.8 Å². The van der Waals surface area contributed by atoms with E-state index in [-0.39, 0.29) is 48.1 Å². The van der Waals surface area contributed by atoms with Crippen molar-refractivity contribution < 1.29 is 45.3 Å². The van der Waals surface area contributed by atoms with Crippen LogP contribution in [0.1, 0.15) is 84.0 Å². The summed E-state index contributed by atoms with van der Waals surface area (Å²) in [5, 5.41) is 13.7. The van der Waals surface area contributed by atoms with Gasteiger partial charge in [-0.2, -0.15) is 13.2 Å². The van der Waals surface area contributed by atoms with Gasteiger partial charge < -0.3 is 21.3 Å². The van der Waals surface area contributed by atoms with Crippen molar-refractivity contribution in [3.63, 3.8) is 0 Å². The van der Waals surface area contributed by atoms with Crippen molar-refractivity contribution in [1.29, 1.82) is 0 Å². The van der Waals surface area contributed by atoms with Gasteiger partial charge >= 0.3 is 6.18 Å². The van der Waals surface area contributed by atoms with Crippen molar-refractivity contribution in [3.8, 4) is 0 Å². The number of halogens is 5. The topological polar surface area (TPSA) is 158 Å². The quantitative estimate of drug-likeness (QED) is 0.0479. The summed E-state index contributed by atoms with van der Waals surface area (Å²) in [6.07, 6.45) is -2.56. The number of rotatable bonds is 20. The lowest BCUT2D eigenvalue weighted by atomic mass is 9.89. The van der Waals surface area contributed by atoms with E-state index in [4.69, 9.17) is 0 Å². The third-order valence-electron chi connectivity index (χ3n) is 11.7. The van der Waals surface area contributed by atoms with E-state index < -0.39 is 80.4 Å². The summed E-state index contributed by atoms with van der Waals surface area (Å²) in [6, 6.07) is 35.0. The Labute approximate surface area is 416 Å². The lowest BCUT2D eigenvalue weighted by Crippen LogP contribution is -2.47. The molecule has 0 aromatic heterocycles. The number of anilines is 2. The number of benzene rings is 6. The highest BCUT2D eigenvalue weighted by Gasteiger charge is 2.43. The number of carbonyl (C=O) groups excluding carboxylic acids is 4. The third-order valence-corrected chi connectivity index (χ3v) is 13.7. The first kappa shape index (κ1) is 54.1. The van der Waals surface area contributed by atoms with Gasteiger partial charge in [0.2, 0.25) is 11.8 Å². The Morgan fingerprint density at radius 3 is 1.36 bits per heavy atom. The maximum absolute atomic E-state index is 14.8. The van der Waals surface area contributed by atoms with Gasteiger partial charge in [0, 0.05) is 52.0 Å². The van der Waals surface area contributed by atoms with Crippen LogP contribution < -0.4 is 26.6 Å². The molecule has 17 heteroatoms. The largest absolute Gasteiger partial charge is 0.407 e. The summed E-state index contributed by atoms with van der Waals surface area (Å²) in [7, 11) is -3.07. The standard InChI is InChI=1S/C55H57F5N6O5S/c1-53(2,65-48(55(58,59)60)38-20-26-43(27-21-38)61-51(69)46(34-36-12-8-6-9-13-36)63-49(67)39-16-22-41(56)23-17-39)32-33-54(3,4)66-72(5,71)45-30-28-44(29-31-45)62-52(70)47(35-37-14-10-7-11-15-37)64-50(68)40-18-24-42(57)25-19-40/h6-31,46-48,65H,32-35H2,1-5H3,(H,61,69)(H,62,70)(H,63,67)(H,64,68)/t46-,47-,48?,72?/m0/s1. The smallest absolute Gasteiger partial charge is 0.340 e. The van der Waals surface area contributed by atoms with Crippen LogP contribution in [0.4, 0.5) is 33.3 Å². The molecular formula is C55H57F5N6O5S. The van der Waals surface area contributed by atoms with E-state index >= 15 is 0 Å². The Morgan fingerprint density at radius 2 is 0.958 bits per heavy atom. The summed E-state index contributed by atoms with van der Waals surface area (Å²) in [4.78, 5) is 53.6. The molecule has 0 saturated heterocycles. The molecule has 0 spiro atoms. The average Bonchev–Trinajstić information content (AvgIpc) is 3.33. The molecule has 0 aliphatic carbocycles. The summed E-state index contributed by atoms with van der Waals surface area (Å²) in [5.41, 5.74) is 0.209. The van der Waals surface area contributed by atoms with Crippen molar-refractivity contribution in [2.75, 3.05) is 16.9 Å². The number of amides is 4. The second-order valence-electron chi connectivity index (χ2n) is 18.8. The zero-order valence-electron chi connectivity index (χ0n) is 40.4. The molecule has 0 bridgehead atoms. The molecule has 6 aromatic rings. The summed E-state index contributed by atoms with van der Waals surface area (Å²) in [6.45, 7) is 6.78. The number of nitrogens with zero attached hydrogens (tertiary/aromatic N) is 1. The van der Waals surface area contributed by atoms with Gasteiger partial charge in [-0.1, -0.05) is 72.8 Å². The van der Waals surface area contributed by atoms with Crippen LogP contribution in [0.25, 0.3) is 0 Å². The fraction of sp³-hybridized carbons (Fsp3) is 0.273. The molecule has 72 heavy (non-hydrogen) atoms. The van der Waals surface area contributed by atoms with E-state index in [2.05, 4.69) is 30.9 Å². The van der Waals surface area contributed by atoms with Crippen LogP contribution in [0, 0.1) is 11.6 Å². The predicted molar refractivity (Wildman–Crippen MR) is 270 cm³/mol. The SMILES string of the molecule is CC(C)(CCC(C)(C)NC(c1ccc(NC(=O)[C@H](Cc2ccccc2)NC(=O)c2ccc(F)cc2)cc1)C(F)(F)F)N=S(C)(=O)c1ccc(NC(=O)[C@H](Cc2ccccc2)NC(=O)c2ccc(F)cc2)cc1. The van der Waals surface area contributed by atoms with Crippen LogP contribution in [-0.2, 0) is 32.2 Å². The van der Waals surface area contributed by atoms with E-state index in [9.17, 15) is 45.3 Å². The molecule has 6 rings (SSSR count). The molecule has 4 amide bonds. The summed E-state index contributed by atoms with van der Waals surface area (Å²) >= 11 is 0. The number of hydrogen-bond acceptors (Lipinski definition) is 7. The normalized spacial score (nSPS) is 13.9. The second kappa shape index (κ2) is 23.3. The van der Waals surface area contributed by atoms with Crippen LogP contribution in [0.3, 0.4) is 0 Å². The van der Waals surface area contributed by atoms with Crippen molar-refractivity contribution in [2.45, 2.75) is 93.7 Å². The molecule has 5 N–H and O–H groups in total. The molecule has 0 aliphatic heterocycles. The first-order valence-corrected chi connectivity index (χ1v) is 25.0. The number of alkyl halides is 3. The van der Waals surface area contributed by atoms with E-state index in [0.717, 1.165) is 35.4 Å². The first-order valence-electron chi connectivity index (χ1n) is 23.1. The first-order chi connectivity index (χ1) is 33.9. The number of carbonyl (C=O) groups is 4. The molecule has 11 nitrogen and oxygen atoms in total. The molecule has 0 saturated carbocycles. The molecule has 0 heterocycles. The van der Waals surface area contributed by atoms with Gasteiger partial charge in [0.25, 0.3) is 11.8 Å². The maximum atomic E-state index is 14.8. The van der Waals surface area contributed by atoms with Gasteiger partial charge in [-0.05, 0) is 142 Å². The van der Waals surface area contributed by atoms with Crippen LogP contribution in [0.5, 0.6) is 0 Å². The molecule has 0 aliphatic rings. The van der Waals surface area contributed by atoms with Crippen molar-refractivity contribution in [1.82, 2.24) is 16.0 Å². The Morgan fingerprint density at radius 1 is 0.556 bits per heavy atom. The van der Waals surface area contributed by atoms with Gasteiger partial charge in [-0.25, -0.2) is 17.4 Å². The van der Waals surface area contributed by atoms with Crippen LogP contribution >= 0.6 is 0 Å². The Hall–Kier alpha value is -7.24. The monoisotopic (exact) mass is 1010 g/mol. The third kappa shape index (κ3) is 15.9. The van der Waals surface area contributed by atoms with Crippen LogP contribution in [0.15, 0.2) is 167 Å². The predicted octanol–water partition coefficient (Wildman–Crippen LogP) is 10.6. The highest BCUT2D eigenvalue weighted by atomic mass is 32.2. The van der Waals surface area contributed by atoms with E-state index in [1.54, 1.807) is 82.3 Å². The lowest BCUT2D eigenvalue weighted by Gasteiger charge is -2.35. The summed E-state index contributed by atoms with van der Waals surface area (Å²) in [5.74, 6) is -3.35. The highest BCUT2D eigenvalue weighted by molar-refractivity contribution is 7.93. The van der Waals surface area contributed by atoms with Crippen molar-refractivity contribution >= 4 is 44.7 Å². The Bertz CT molecular complexity index is 2930. The van der Waals surface area contributed by atoms with Crippen molar-refractivity contribution in [3.05, 3.63) is 197 Å². The number of hydrogen-bond donors (Lipinski definition) is 5. The zero-order chi connectivity index (χ0) is 52.3. The average molecular weight is 1010 g/mol. The van der Waals surface area contributed by atoms with Gasteiger partial charge in [0.15, 0.2) is 0 Å². The highest BCUT2D eigenvalue weighted by Crippen LogP contribution is 2.36. The minimum atomic E-state index is -4.72. The zero-order valence-corrected chi connectivity index (χ0v) is 41.2. The van der Waals surface area contributed by atoms with Gasteiger partial charge in [-0.15, -0.1) is 0 Å². The molecule has 0 radical (unpaired) electrons. The molecule has 6 aromatic carbocycles. The number of nitrogens with one attached hydrogen (secondary N) is 5. The van der Waals surface area contributed by atoms with Crippen LogP contribution in [-0.4, -0.2) is 63.4 Å². The summed E-state index contributed by atoms with van der Waals surface area (Å²) < 4.78 is 90.2. The van der Waals surface area contributed by atoms with Gasteiger partial charge in [-0.3, -0.25) is 24.5 Å². The Balaban J connectivity index is 1.08. The van der Waals surface area contributed by atoms with Crippen molar-refractivity contribution in [2.24, 2.45) is 4.36 Å². The molecule has 4 atom stereocenters. The van der Waals surface area contributed by atoms with Gasteiger partial charge in [0.05, 0.1) is 15.3 Å². The van der Waals surface area contributed by atoms with Crippen LogP contribution in [0.2, 0.25) is 0 Å². The molecule has 378 valence electrons. The molecule has 0 fully saturated rings. The maximum Gasteiger partial charge on any atom is 0.407 e. The lowest BCUT2D eigenvalue weighted by molar-refractivity contribution is -0.162. The fourth-order valence-corrected chi connectivity index (χ4v) is 9.60. The fourth-order valence-electron chi connectivity index (χ4n) is 7.82. The second-order valence-corrected chi connectivity index (χ2v) is 21.0. The minimum absolute atomic E-state index is 0.101. The molecular weight excluding hydrogens is 952 g/mol. The van der Waals surface area contributed by atoms with E-state index in [1.807, 2.05) is 30.3 Å². The molecule has 2 unspecified atom stereocenters. The Kier molecular flexibility index (Phi) is 17.5.